The minimum absolute atomic E-state index is 0.111. The van der Waals surface area contributed by atoms with Crippen molar-refractivity contribution in [2.75, 3.05) is 23.3 Å². The number of anilines is 2. The lowest BCUT2D eigenvalue weighted by atomic mass is 10.1. The fourth-order valence-corrected chi connectivity index (χ4v) is 3.89. The van der Waals surface area contributed by atoms with Crippen molar-refractivity contribution in [2.24, 2.45) is 11.8 Å². The van der Waals surface area contributed by atoms with E-state index < -0.39 is 5.97 Å². The summed E-state index contributed by atoms with van der Waals surface area (Å²) in [6, 6.07) is 10.7. The van der Waals surface area contributed by atoms with Crippen LogP contribution in [-0.4, -0.2) is 45.2 Å². The van der Waals surface area contributed by atoms with Crippen molar-refractivity contribution in [2.45, 2.75) is 6.04 Å². The Morgan fingerprint density at radius 3 is 2.54 bits per heavy atom. The van der Waals surface area contributed by atoms with Crippen molar-refractivity contribution < 1.29 is 9.90 Å². The second-order valence-electron chi connectivity index (χ2n) is 6.86. The van der Waals surface area contributed by atoms with Gasteiger partial charge >= 0.3 is 5.97 Å². The van der Waals surface area contributed by atoms with Crippen LogP contribution < -0.4 is 10.2 Å². The molecule has 1 aliphatic carbocycles. The molecule has 3 heterocycles. The number of hydrogen-bond donors (Lipinski definition) is 2. The Hall–Kier alpha value is -3.22. The van der Waals surface area contributed by atoms with Crippen molar-refractivity contribution in [1.29, 1.82) is 0 Å². The molecule has 2 aliphatic rings. The molecular formula is C19H17N5O2. The number of pyridine rings is 1. The normalized spacial score (nSPS) is 23.7. The van der Waals surface area contributed by atoms with Gasteiger partial charge in [-0.25, -0.2) is 19.7 Å². The van der Waals surface area contributed by atoms with Crippen LogP contribution in [0.2, 0.25) is 0 Å². The highest BCUT2D eigenvalue weighted by Gasteiger charge is 2.56. The zero-order chi connectivity index (χ0) is 17.7. The first-order valence-electron chi connectivity index (χ1n) is 8.61. The van der Waals surface area contributed by atoms with E-state index in [1.807, 2.05) is 24.4 Å². The Kier molecular flexibility index (Phi) is 3.28. The lowest BCUT2D eigenvalue weighted by Crippen LogP contribution is -2.29. The van der Waals surface area contributed by atoms with Crippen LogP contribution in [0.4, 0.5) is 11.8 Å². The minimum atomic E-state index is -1.01. The predicted octanol–water partition coefficient (Wildman–Crippen LogP) is 2.27. The van der Waals surface area contributed by atoms with Crippen LogP contribution in [0.1, 0.15) is 10.4 Å². The lowest BCUT2D eigenvalue weighted by Gasteiger charge is -2.20. The predicted molar refractivity (Wildman–Crippen MR) is 97.3 cm³/mol. The smallest absolute Gasteiger partial charge is 0.338 e. The summed E-state index contributed by atoms with van der Waals surface area (Å²) >= 11 is 0. The summed E-state index contributed by atoms with van der Waals surface area (Å²) in [6.07, 6.45) is 4.57. The Morgan fingerprint density at radius 2 is 1.81 bits per heavy atom. The van der Waals surface area contributed by atoms with Gasteiger partial charge in [0.2, 0.25) is 5.95 Å². The standard InChI is InChI=1S/C19H17N5O2/c25-18(26)12-7-21-19(22-8-12)24-9-14-15(10-24)16(14)23-17-13-4-2-1-3-11(13)5-6-20-17/h1-8,14-16H,9-10H2,(H,20,23)(H,25,26)/t14-,15+,16?. The topological polar surface area (TPSA) is 91.2 Å². The van der Waals surface area contributed by atoms with Gasteiger partial charge in [-0.05, 0) is 11.5 Å². The Labute approximate surface area is 149 Å². The quantitative estimate of drug-likeness (QED) is 0.748. The van der Waals surface area contributed by atoms with Crippen LogP contribution >= 0.6 is 0 Å². The number of nitrogens with one attached hydrogen (secondary N) is 1. The van der Waals surface area contributed by atoms with E-state index in [9.17, 15) is 4.79 Å². The summed E-state index contributed by atoms with van der Waals surface area (Å²) < 4.78 is 0. The maximum Gasteiger partial charge on any atom is 0.338 e. The fraction of sp³-hybridized carbons (Fsp3) is 0.263. The van der Waals surface area contributed by atoms with Crippen LogP contribution in [0.15, 0.2) is 48.9 Å². The van der Waals surface area contributed by atoms with Crippen molar-refractivity contribution >= 4 is 28.5 Å². The van der Waals surface area contributed by atoms with Crippen LogP contribution in [0.3, 0.4) is 0 Å². The number of carboxylic acid groups (broad SMARTS) is 1. The SMILES string of the molecule is O=C(O)c1cnc(N2C[C@@H]3C(Nc4nccc5ccccc45)[C@@H]3C2)nc1. The van der Waals surface area contributed by atoms with Gasteiger partial charge < -0.3 is 15.3 Å². The van der Waals surface area contributed by atoms with E-state index in [-0.39, 0.29) is 5.56 Å². The first-order chi connectivity index (χ1) is 12.7. The highest BCUT2D eigenvalue weighted by Crippen LogP contribution is 2.48. The molecule has 3 aromatic rings. The van der Waals surface area contributed by atoms with Gasteiger partial charge in [-0.1, -0.05) is 24.3 Å². The average molecular weight is 347 g/mol. The van der Waals surface area contributed by atoms with E-state index in [4.69, 9.17) is 5.11 Å². The number of nitrogens with zero attached hydrogens (tertiary/aromatic N) is 4. The molecule has 1 aromatic carbocycles. The molecule has 5 rings (SSSR count). The third-order valence-electron chi connectivity index (χ3n) is 5.34. The van der Waals surface area contributed by atoms with Gasteiger partial charge in [-0.2, -0.15) is 0 Å². The average Bonchev–Trinajstić information content (AvgIpc) is 3.11. The molecule has 0 amide bonds. The second kappa shape index (κ2) is 5.66. The Bertz CT molecular complexity index is 973. The molecule has 2 N–H and O–H groups in total. The fourth-order valence-electron chi connectivity index (χ4n) is 3.89. The molecule has 0 spiro atoms. The summed E-state index contributed by atoms with van der Waals surface area (Å²) in [4.78, 5) is 25.9. The summed E-state index contributed by atoms with van der Waals surface area (Å²) in [5.41, 5.74) is 0.111. The van der Waals surface area contributed by atoms with Crippen LogP contribution in [0.5, 0.6) is 0 Å². The molecule has 130 valence electrons. The van der Waals surface area contributed by atoms with Crippen molar-refractivity contribution in [1.82, 2.24) is 15.0 Å². The molecule has 1 aliphatic heterocycles. The zero-order valence-electron chi connectivity index (χ0n) is 13.9. The highest BCUT2D eigenvalue weighted by atomic mass is 16.4. The van der Waals surface area contributed by atoms with E-state index in [1.165, 1.54) is 17.8 Å². The Morgan fingerprint density at radius 1 is 1.08 bits per heavy atom. The first kappa shape index (κ1) is 15.1. The molecule has 7 nitrogen and oxygen atoms in total. The monoisotopic (exact) mass is 347 g/mol. The van der Waals surface area contributed by atoms with E-state index in [0.29, 0.717) is 23.8 Å². The minimum Gasteiger partial charge on any atom is -0.478 e. The van der Waals surface area contributed by atoms with Crippen molar-refractivity contribution in [3.63, 3.8) is 0 Å². The van der Waals surface area contributed by atoms with Gasteiger partial charge in [0.15, 0.2) is 0 Å². The number of rotatable bonds is 4. The lowest BCUT2D eigenvalue weighted by molar-refractivity contribution is 0.0696. The van der Waals surface area contributed by atoms with Gasteiger partial charge in [0.25, 0.3) is 0 Å². The molecule has 0 bridgehead atoms. The van der Waals surface area contributed by atoms with Gasteiger partial charge in [0, 0.05) is 54.9 Å². The van der Waals surface area contributed by atoms with Gasteiger partial charge in [-0.15, -0.1) is 0 Å². The number of aromatic carboxylic acids is 1. The molecular weight excluding hydrogens is 330 g/mol. The molecule has 3 atom stereocenters. The van der Waals surface area contributed by atoms with E-state index in [2.05, 4.69) is 37.3 Å². The maximum atomic E-state index is 10.9. The van der Waals surface area contributed by atoms with Gasteiger partial charge in [0.05, 0.1) is 5.56 Å². The third kappa shape index (κ3) is 2.44. The van der Waals surface area contributed by atoms with Crippen molar-refractivity contribution in [3.8, 4) is 0 Å². The molecule has 1 saturated heterocycles. The van der Waals surface area contributed by atoms with Gasteiger partial charge in [0.1, 0.15) is 5.82 Å². The zero-order valence-corrected chi connectivity index (χ0v) is 13.9. The molecule has 7 heteroatoms. The summed E-state index contributed by atoms with van der Waals surface area (Å²) in [5, 5.41) is 14.9. The molecule has 2 aromatic heterocycles. The maximum absolute atomic E-state index is 10.9. The number of fused-ring (bicyclic) bond motifs is 2. The van der Waals surface area contributed by atoms with E-state index >= 15 is 0 Å². The molecule has 2 fully saturated rings. The van der Waals surface area contributed by atoms with E-state index in [0.717, 1.165) is 24.3 Å². The van der Waals surface area contributed by atoms with Gasteiger partial charge in [-0.3, -0.25) is 0 Å². The first-order valence-corrected chi connectivity index (χ1v) is 8.61. The third-order valence-corrected chi connectivity index (χ3v) is 5.34. The highest BCUT2D eigenvalue weighted by molar-refractivity contribution is 5.91. The molecule has 26 heavy (non-hydrogen) atoms. The molecule has 1 unspecified atom stereocenters. The number of hydrogen-bond acceptors (Lipinski definition) is 6. The van der Waals surface area contributed by atoms with Crippen LogP contribution in [0.25, 0.3) is 10.8 Å². The summed E-state index contributed by atoms with van der Waals surface area (Å²) in [7, 11) is 0. The summed E-state index contributed by atoms with van der Waals surface area (Å²) in [5.74, 6) is 1.62. The largest absolute Gasteiger partial charge is 0.478 e. The molecule has 0 radical (unpaired) electrons. The number of carboxylic acids is 1. The second-order valence-corrected chi connectivity index (χ2v) is 6.86. The van der Waals surface area contributed by atoms with Crippen LogP contribution in [0, 0.1) is 11.8 Å². The van der Waals surface area contributed by atoms with E-state index in [1.54, 1.807) is 0 Å². The number of aromatic nitrogens is 3. The number of carbonyl (C=O) groups is 1. The Balaban J connectivity index is 1.27. The number of benzene rings is 1. The number of piperidine rings is 1. The summed E-state index contributed by atoms with van der Waals surface area (Å²) in [6.45, 7) is 1.75. The van der Waals surface area contributed by atoms with Crippen LogP contribution in [-0.2, 0) is 0 Å². The molecule has 1 saturated carbocycles. The van der Waals surface area contributed by atoms with Crippen molar-refractivity contribution in [3.05, 3.63) is 54.5 Å².